The van der Waals surface area contributed by atoms with Crippen LogP contribution in [0.15, 0.2) is 134 Å². The van der Waals surface area contributed by atoms with Crippen molar-refractivity contribution < 1.29 is 28.4 Å². The molecule has 7 rings (SSSR count). The van der Waals surface area contributed by atoms with Gasteiger partial charge in [0.1, 0.15) is 24.7 Å². The SMILES string of the molecule is CC(C)CC1CO[C@H](C)CN(C)[C@@H](CC(C)C)CO[C@H](Cc2ccc(Cn3nccc3COc3ccccc3)cc2)CN(C)[C@@H](CC(C)C)CO[C@H](C)CN(C)[C@@H](CC(C)C)CO[C@H](Cc2ccc(Cn3nccc3COc3ccccc3)cc2)CN1C. The molecule has 1 aliphatic rings. The molecule has 3 heterocycles. The molecule has 0 bridgehead atoms. The Hall–Kier alpha value is -5.42. The molecule has 1 fully saturated rings. The molecule has 0 N–H and O–H groups in total. The highest BCUT2D eigenvalue weighted by Crippen LogP contribution is 2.24. The summed E-state index contributed by atoms with van der Waals surface area (Å²) in [4.78, 5) is 10.0. The molecule has 2 aromatic heterocycles. The summed E-state index contributed by atoms with van der Waals surface area (Å²) in [6, 6.07) is 43.0. The summed E-state index contributed by atoms with van der Waals surface area (Å²) in [5.41, 5.74) is 6.98. The van der Waals surface area contributed by atoms with Gasteiger partial charge in [-0.2, -0.15) is 10.2 Å². The lowest BCUT2D eigenvalue weighted by molar-refractivity contribution is -0.0536. The minimum Gasteiger partial charge on any atom is -0.487 e. The van der Waals surface area contributed by atoms with E-state index in [1.54, 1.807) is 0 Å². The lowest BCUT2D eigenvalue weighted by Gasteiger charge is -2.37. The Kier molecular flexibility index (Phi) is 29.0. The third kappa shape index (κ3) is 24.4. The van der Waals surface area contributed by atoms with Crippen LogP contribution < -0.4 is 9.47 Å². The Bertz CT molecular complexity index is 2600. The van der Waals surface area contributed by atoms with Crippen molar-refractivity contribution in [3.8, 4) is 11.5 Å². The molecule has 1 saturated heterocycles. The first-order chi connectivity index (χ1) is 42.3. The first kappa shape index (κ1) is 70.0. The van der Waals surface area contributed by atoms with E-state index in [4.69, 9.17) is 28.4 Å². The van der Waals surface area contributed by atoms with Crippen LogP contribution in [0, 0.1) is 23.7 Å². The molecule has 1 unspecified atom stereocenters. The van der Waals surface area contributed by atoms with Crippen molar-refractivity contribution in [2.24, 2.45) is 23.7 Å². The zero-order valence-corrected chi connectivity index (χ0v) is 56.4. The van der Waals surface area contributed by atoms with Gasteiger partial charge in [-0.1, -0.05) is 140 Å². The molecule has 4 aromatic carbocycles. The topological polar surface area (TPSA) is 104 Å². The van der Waals surface area contributed by atoms with E-state index in [2.05, 4.69) is 176 Å². The summed E-state index contributed by atoms with van der Waals surface area (Å²) in [6.45, 7) is 31.1. The number of hydrogen-bond donors (Lipinski definition) is 0. The van der Waals surface area contributed by atoms with E-state index in [1.807, 2.05) is 94.6 Å². The number of benzene rings is 4. The van der Waals surface area contributed by atoms with Crippen LogP contribution in [0.4, 0.5) is 0 Å². The van der Waals surface area contributed by atoms with Crippen molar-refractivity contribution in [3.63, 3.8) is 0 Å². The van der Waals surface area contributed by atoms with Gasteiger partial charge in [0.05, 0.1) is 75.3 Å². The number of nitrogens with zero attached hydrogens (tertiary/aromatic N) is 8. The van der Waals surface area contributed by atoms with Gasteiger partial charge in [0.15, 0.2) is 0 Å². The quantitative estimate of drug-likeness (QED) is 0.0646. The predicted molar refractivity (Wildman–Crippen MR) is 358 cm³/mol. The Morgan fingerprint density at radius 3 is 1.03 bits per heavy atom. The third-order valence-corrected chi connectivity index (χ3v) is 17.2. The van der Waals surface area contributed by atoms with E-state index in [0.29, 0.717) is 76.4 Å². The van der Waals surface area contributed by atoms with Crippen LogP contribution >= 0.6 is 0 Å². The molecule has 1 aliphatic heterocycles. The molecular weight excluding hydrogens is 1100 g/mol. The molecule has 6 aromatic rings. The van der Waals surface area contributed by atoms with E-state index < -0.39 is 0 Å². The van der Waals surface area contributed by atoms with Gasteiger partial charge >= 0.3 is 0 Å². The van der Waals surface area contributed by atoms with Gasteiger partial charge in [0.2, 0.25) is 0 Å². The monoisotopic (exact) mass is 1210 g/mol. The second-order valence-electron chi connectivity index (χ2n) is 27.3. The Labute approximate surface area is 531 Å². The first-order valence-corrected chi connectivity index (χ1v) is 33.1. The molecule has 14 heteroatoms. The molecule has 0 spiro atoms. The van der Waals surface area contributed by atoms with Crippen molar-refractivity contribution in [2.75, 3.05) is 80.8 Å². The Balaban J connectivity index is 1.08. The highest BCUT2D eigenvalue weighted by atomic mass is 16.5. The third-order valence-electron chi connectivity index (χ3n) is 17.2. The van der Waals surface area contributed by atoms with Crippen molar-refractivity contribution in [1.29, 1.82) is 0 Å². The zero-order chi connectivity index (χ0) is 63.0. The lowest BCUT2D eigenvalue weighted by atomic mass is 10.0. The number of likely N-dealkylation sites (N-methyl/N-ethyl adjacent to an activating group) is 4. The lowest BCUT2D eigenvalue weighted by Crippen LogP contribution is -2.47. The van der Waals surface area contributed by atoms with Gasteiger partial charge in [0.25, 0.3) is 0 Å². The predicted octanol–water partition coefficient (Wildman–Crippen LogP) is 13.1. The van der Waals surface area contributed by atoms with Crippen LogP contribution in [0.3, 0.4) is 0 Å². The van der Waals surface area contributed by atoms with E-state index in [1.165, 1.54) is 22.3 Å². The number of aromatic nitrogens is 4. The standard InChI is InChI=1S/C74H112N8O6/c1-55(2)37-67-51-83-59(9)43-77(11)70(40-58(7)8)54-88-74(42-62-27-31-64(32-28-62)46-82-66(34-36-76-82)50-86-72-23-19-16-20-24-72)48-80(14)68(38-56(3)4)52-84-60(10)44-78(12)69(39-57(5)6)53-87-73(47-79(67)13)41-61-25-29-63(30-26-61)45-81-65(33-35-75-81)49-85-71-21-17-15-18-22-71/h15-36,55-60,67-70,73-74H,37-54H2,1-14H3/t59-,60-,67+,68?,69+,70+,73-,74-/m1/s1. The fraction of sp³-hybridized carbons (Fsp3) is 0.595. The summed E-state index contributed by atoms with van der Waals surface area (Å²) in [7, 11) is 9.09. The highest BCUT2D eigenvalue weighted by Gasteiger charge is 2.29. The van der Waals surface area contributed by atoms with Crippen molar-refractivity contribution >= 4 is 0 Å². The van der Waals surface area contributed by atoms with E-state index in [0.717, 1.165) is 87.6 Å². The number of para-hydroxylation sites is 2. The normalized spacial score (nSPS) is 23.0. The van der Waals surface area contributed by atoms with Crippen molar-refractivity contribution in [2.45, 2.75) is 183 Å². The summed E-state index contributed by atoms with van der Waals surface area (Å²) < 4.78 is 44.7. The van der Waals surface area contributed by atoms with Gasteiger partial charge in [-0.05, 0) is 163 Å². The largest absolute Gasteiger partial charge is 0.487 e. The van der Waals surface area contributed by atoms with Crippen LogP contribution in [0.5, 0.6) is 11.5 Å². The minimum atomic E-state index is -0.0378. The van der Waals surface area contributed by atoms with Crippen LogP contribution in [-0.2, 0) is 58.1 Å². The van der Waals surface area contributed by atoms with Gasteiger partial charge in [-0.15, -0.1) is 0 Å². The molecule has 484 valence electrons. The average Bonchev–Trinajstić information content (AvgIpc) is 4.33. The summed E-state index contributed by atoms with van der Waals surface area (Å²) >= 11 is 0. The van der Waals surface area contributed by atoms with Gasteiger partial charge in [-0.25, -0.2) is 0 Å². The second kappa shape index (κ2) is 36.4. The maximum Gasteiger partial charge on any atom is 0.130 e. The fourth-order valence-electron chi connectivity index (χ4n) is 12.3. The summed E-state index contributed by atoms with van der Waals surface area (Å²) in [5, 5.41) is 9.34. The molecule has 14 nitrogen and oxygen atoms in total. The van der Waals surface area contributed by atoms with Crippen LogP contribution in [0.2, 0.25) is 0 Å². The molecule has 8 atom stereocenters. The van der Waals surface area contributed by atoms with E-state index >= 15 is 0 Å². The molecular formula is C74H112N8O6. The zero-order valence-electron chi connectivity index (χ0n) is 56.4. The van der Waals surface area contributed by atoms with Gasteiger partial charge in [0, 0.05) is 62.7 Å². The van der Waals surface area contributed by atoms with Crippen molar-refractivity contribution in [1.82, 2.24) is 39.2 Å². The number of rotatable bonds is 22. The fourth-order valence-corrected chi connectivity index (χ4v) is 12.3. The van der Waals surface area contributed by atoms with Gasteiger partial charge in [-0.3, -0.25) is 29.0 Å². The van der Waals surface area contributed by atoms with E-state index in [9.17, 15) is 0 Å². The molecule has 0 saturated carbocycles. The van der Waals surface area contributed by atoms with Gasteiger partial charge < -0.3 is 28.4 Å². The Morgan fingerprint density at radius 2 is 0.705 bits per heavy atom. The number of hydrogen-bond acceptors (Lipinski definition) is 12. The molecule has 0 amide bonds. The number of ether oxygens (including phenoxy) is 6. The van der Waals surface area contributed by atoms with Crippen LogP contribution in [-0.4, -0.2) is 169 Å². The molecule has 88 heavy (non-hydrogen) atoms. The average molecular weight is 1210 g/mol. The second-order valence-corrected chi connectivity index (χ2v) is 27.3. The van der Waals surface area contributed by atoms with Crippen LogP contribution in [0.25, 0.3) is 0 Å². The molecule has 0 radical (unpaired) electrons. The minimum absolute atomic E-state index is 0.0224. The van der Waals surface area contributed by atoms with Crippen LogP contribution in [0.1, 0.15) is 129 Å². The maximum atomic E-state index is 7.25. The smallest absolute Gasteiger partial charge is 0.130 e. The summed E-state index contributed by atoms with van der Waals surface area (Å²) in [5.74, 6) is 3.70. The first-order valence-electron chi connectivity index (χ1n) is 33.1. The molecule has 0 aliphatic carbocycles. The van der Waals surface area contributed by atoms with Crippen molar-refractivity contribution in [3.05, 3.63) is 167 Å². The van der Waals surface area contributed by atoms with E-state index in [-0.39, 0.29) is 48.6 Å². The summed E-state index contributed by atoms with van der Waals surface area (Å²) in [6.07, 6.45) is 9.39. The maximum absolute atomic E-state index is 7.25. The highest BCUT2D eigenvalue weighted by molar-refractivity contribution is 5.26. The Morgan fingerprint density at radius 1 is 0.398 bits per heavy atom.